The third-order valence-electron chi connectivity index (χ3n) is 4.99. The highest BCUT2D eigenvalue weighted by molar-refractivity contribution is 7.70. The van der Waals surface area contributed by atoms with Gasteiger partial charge in [0.25, 0.3) is 0 Å². The van der Waals surface area contributed by atoms with E-state index in [-0.39, 0.29) is 7.92 Å². The van der Waals surface area contributed by atoms with Gasteiger partial charge in [0.15, 0.2) is 0 Å². The Hall–Kier alpha value is -0.700. The summed E-state index contributed by atoms with van der Waals surface area (Å²) >= 11 is 0. The van der Waals surface area contributed by atoms with Gasteiger partial charge in [-0.05, 0) is 52.1 Å². The zero-order valence-electron chi connectivity index (χ0n) is 14.5. The Kier molecular flexibility index (Phi) is 5.90. The third-order valence-corrected chi connectivity index (χ3v) is 9.87. The average Bonchev–Trinajstić information content (AvgIpc) is 2.57. The molecule has 1 saturated heterocycles. The molecule has 0 aliphatic carbocycles. The van der Waals surface area contributed by atoms with Crippen molar-refractivity contribution in [2.75, 3.05) is 0 Å². The summed E-state index contributed by atoms with van der Waals surface area (Å²) in [5, 5.41) is 4.77. The molecule has 0 saturated carbocycles. The van der Waals surface area contributed by atoms with Gasteiger partial charge in [0, 0.05) is 0 Å². The predicted molar refractivity (Wildman–Crippen MR) is 109 cm³/mol. The minimum atomic E-state index is -0.0167. The van der Waals surface area contributed by atoms with E-state index in [9.17, 15) is 0 Å². The van der Waals surface area contributed by atoms with Crippen LogP contribution in [-0.2, 0) is 6.42 Å². The molecule has 0 spiro atoms. The molecule has 122 valence electrons. The van der Waals surface area contributed by atoms with Crippen molar-refractivity contribution in [3.8, 4) is 0 Å². The van der Waals surface area contributed by atoms with Crippen molar-refractivity contribution in [1.82, 2.24) is 0 Å². The fourth-order valence-electron chi connectivity index (χ4n) is 3.70. The molecule has 23 heavy (non-hydrogen) atoms. The van der Waals surface area contributed by atoms with E-state index in [0.717, 1.165) is 26.3 Å². The SMILES string of the molecule is CCc1ccc(P2[C@H](C)CCC[C@H]2C)c(Pc2ccccc2)c1. The topological polar surface area (TPSA) is 0 Å². The summed E-state index contributed by atoms with van der Waals surface area (Å²) in [7, 11) is 0.778. The summed E-state index contributed by atoms with van der Waals surface area (Å²) in [6, 6.07) is 18.4. The highest BCUT2D eigenvalue weighted by Gasteiger charge is 2.30. The normalized spacial score (nSPS) is 22.7. The van der Waals surface area contributed by atoms with Crippen LogP contribution in [0, 0.1) is 0 Å². The maximum absolute atomic E-state index is 2.50. The van der Waals surface area contributed by atoms with E-state index in [4.69, 9.17) is 0 Å². The Balaban J connectivity index is 1.98. The van der Waals surface area contributed by atoms with Crippen molar-refractivity contribution in [3.63, 3.8) is 0 Å². The predicted octanol–water partition coefficient (Wildman–Crippen LogP) is 4.95. The molecular formula is C21H28P2. The average molecular weight is 342 g/mol. The Labute approximate surface area is 144 Å². The van der Waals surface area contributed by atoms with Gasteiger partial charge in [0.05, 0.1) is 0 Å². The van der Waals surface area contributed by atoms with Gasteiger partial charge in [-0.15, -0.1) is 0 Å². The zero-order valence-corrected chi connectivity index (χ0v) is 16.4. The standard InChI is InChI=1S/C21H28P2/c1-4-18-13-14-21(23-16(2)9-8-10-17(23)3)20(15-18)22-19-11-6-5-7-12-19/h5-7,11-17,22H,4,8-10H2,1-3H3/t16-,17-/m1/s1. The van der Waals surface area contributed by atoms with Crippen LogP contribution in [-0.4, -0.2) is 11.3 Å². The highest BCUT2D eigenvalue weighted by Crippen LogP contribution is 2.52. The first-order valence-electron chi connectivity index (χ1n) is 8.92. The lowest BCUT2D eigenvalue weighted by Gasteiger charge is -2.36. The van der Waals surface area contributed by atoms with Gasteiger partial charge in [0.2, 0.25) is 0 Å². The van der Waals surface area contributed by atoms with Crippen molar-refractivity contribution in [3.05, 3.63) is 54.1 Å². The molecule has 0 radical (unpaired) electrons. The van der Waals surface area contributed by atoms with Crippen LogP contribution in [0.25, 0.3) is 0 Å². The fourth-order valence-corrected chi connectivity index (χ4v) is 8.73. The van der Waals surface area contributed by atoms with Gasteiger partial charge in [-0.25, -0.2) is 0 Å². The first-order chi connectivity index (χ1) is 11.2. The molecule has 0 bridgehead atoms. The second kappa shape index (κ2) is 7.92. The monoisotopic (exact) mass is 342 g/mol. The molecule has 0 amide bonds. The third kappa shape index (κ3) is 4.04. The molecule has 2 aromatic rings. The van der Waals surface area contributed by atoms with Crippen molar-refractivity contribution in [1.29, 1.82) is 0 Å². The van der Waals surface area contributed by atoms with Crippen LogP contribution in [0.4, 0.5) is 0 Å². The molecule has 0 aromatic heterocycles. The summed E-state index contributed by atoms with van der Waals surface area (Å²) in [5.41, 5.74) is 3.24. The number of aryl methyl sites for hydroxylation is 1. The van der Waals surface area contributed by atoms with E-state index in [1.807, 2.05) is 0 Å². The van der Waals surface area contributed by atoms with Gasteiger partial charge in [-0.3, -0.25) is 0 Å². The van der Waals surface area contributed by atoms with Crippen molar-refractivity contribution in [2.45, 2.75) is 57.8 Å². The van der Waals surface area contributed by atoms with Gasteiger partial charge in [-0.1, -0.05) is 92.2 Å². The summed E-state index contributed by atoms with van der Waals surface area (Å²) in [5.74, 6) is 0. The quantitative estimate of drug-likeness (QED) is 0.690. The Bertz CT molecular complexity index is 626. The van der Waals surface area contributed by atoms with Crippen molar-refractivity contribution >= 4 is 32.4 Å². The van der Waals surface area contributed by atoms with Crippen molar-refractivity contribution < 1.29 is 0 Å². The van der Waals surface area contributed by atoms with E-state index >= 15 is 0 Å². The molecule has 3 rings (SSSR count). The number of hydrogen-bond donors (Lipinski definition) is 0. The fraction of sp³-hybridized carbons (Fsp3) is 0.429. The molecule has 3 atom stereocenters. The summed E-state index contributed by atoms with van der Waals surface area (Å²) in [6.45, 7) is 7.25. The van der Waals surface area contributed by atoms with E-state index < -0.39 is 0 Å². The van der Waals surface area contributed by atoms with Crippen LogP contribution in [0.2, 0.25) is 0 Å². The number of rotatable bonds is 4. The van der Waals surface area contributed by atoms with Crippen LogP contribution in [0.15, 0.2) is 48.5 Å². The maximum Gasteiger partial charge on any atom is -0.0147 e. The van der Waals surface area contributed by atoms with Crippen LogP contribution in [0.5, 0.6) is 0 Å². The van der Waals surface area contributed by atoms with Crippen LogP contribution < -0.4 is 15.9 Å². The molecule has 1 heterocycles. The molecule has 1 fully saturated rings. The lowest BCUT2D eigenvalue weighted by atomic mass is 10.1. The van der Waals surface area contributed by atoms with Crippen molar-refractivity contribution in [2.24, 2.45) is 0 Å². The molecule has 1 aliphatic rings. The molecule has 1 aliphatic heterocycles. The smallest absolute Gasteiger partial charge is 0.0147 e. The Morgan fingerprint density at radius 2 is 1.70 bits per heavy atom. The second-order valence-electron chi connectivity index (χ2n) is 6.73. The van der Waals surface area contributed by atoms with Gasteiger partial charge in [-0.2, -0.15) is 0 Å². The number of hydrogen-bond acceptors (Lipinski definition) is 0. The minimum Gasteiger partial charge on any atom is -0.0688 e. The van der Waals surface area contributed by atoms with Gasteiger partial charge >= 0.3 is 0 Å². The summed E-state index contributed by atoms with van der Waals surface area (Å²) < 4.78 is 0. The molecule has 2 aromatic carbocycles. The maximum atomic E-state index is 2.50. The van der Waals surface area contributed by atoms with Gasteiger partial charge in [0.1, 0.15) is 0 Å². The lowest BCUT2D eigenvalue weighted by molar-refractivity contribution is 0.628. The Morgan fingerprint density at radius 3 is 2.35 bits per heavy atom. The van der Waals surface area contributed by atoms with Gasteiger partial charge < -0.3 is 0 Å². The summed E-state index contributed by atoms with van der Waals surface area (Å²) in [6.07, 6.45) is 5.39. The number of benzene rings is 2. The summed E-state index contributed by atoms with van der Waals surface area (Å²) in [4.78, 5) is 0. The minimum absolute atomic E-state index is 0.0167. The first kappa shape index (κ1) is 17.1. The van der Waals surface area contributed by atoms with Crippen LogP contribution in [0.3, 0.4) is 0 Å². The largest absolute Gasteiger partial charge is 0.0688 e. The highest BCUT2D eigenvalue weighted by atomic mass is 31.1. The van der Waals surface area contributed by atoms with E-state index in [1.54, 1.807) is 10.6 Å². The van der Waals surface area contributed by atoms with E-state index in [0.29, 0.717) is 0 Å². The molecule has 0 N–H and O–H groups in total. The lowest BCUT2D eigenvalue weighted by Crippen LogP contribution is -2.31. The molecule has 1 unspecified atom stereocenters. The van der Waals surface area contributed by atoms with Crippen LogP contribution in [0.1, 0.15) is 45.6 Å². The van der Waals surface area contributed by atoms with E-state index in [2.05, 4.69) is 69.3 Å². The zero-order chi connectivity index (χ0) is 16.2. The molecular weight excluding hydrogens is 314 g/mol. The first-order valence-corrected chi connectivity index (χ1v) is 11.4. The second-order valence-corrected chi connectivity index (χ2v) is 11.2. The molecule has 2 heteroatoms. The molecule has 0 nitrogen and oxygen atoms in total. The van der Waals surface area contributed by atoms with E-state index in [1.165, 1.54) is 30.1 Å². The Morgan fingerprint density at radius 1 is 1.00 bits per heavy atom. The van der Waals surface area contributed by atoms with Crippen LogP contribution >= 0.6 is 16.5 Å².